The molecule has 0 aliphatic carbocycles. The van der Waals surface area contributed by atoms with Crippen molar-refractivity contribution in [3.05, 3.63) is 125 Å². The zero-order chi connectivity index (χ0) is 24.5. The van der Waals surface area contributed by atoms with Crippen LogP contribution >= 0.6 is 0 Å². The molecule has 0 aromatic heterocycles. The summed E-state index contributed by atoms with van der Waals surface area (Å²) < 4.78 is 16.9. The van der Waals surface area contributed by atoms with Crippen LogP contribution in [0.2, 0.25) is 0 Å². The van der Waals surface area contributed by atoms with Crippen molar-refractivity contribution in [1.82, 2.24) is 0 Å². The molecule has 0 radical (unpaired) electrons. The van der Waals surface area contributed by atoms with Crippen LogP contribution in [-0.2, 0) is 18.0 Å². The molecule has 4 aromatic carbocycles. The monoisotopic (exact) mass is 467 g/mol. The van der Waals surface area contributed by atoms with Gasteiger partial charge in [-0.2, -0.15) is 0 Å². The fourth-order valence-corrected chi connectivity index (χ4v) is 3.51. The Morgan fingerprint density at radius 3 is 1.71 bits per heavy atom. The maximum Gasteiger partial charge on any atom is 0.339 e. The Balaban J connectivity index is 1.65. The second-order valence-corrected chi connectivity index (χ2v) is 7.67. The summed E-state index contributed by atoms with van der Waals surface area (Å²) in [4.78, 5) is 25.7. The fraction of sp³-hybridized carbons (Fsp3) is 0.103. The van der Waals surface area contributed by atoms with E-state index in [0.29, 0.717) is 17.2 Å². The van der Waals surface area contributed by atoms with Crippen molar-refractivity contribution in [3.63, 3.8) is 0 Å². The summed E-state index contributed by atoms with van der Waals surface area (Å²) in [5.74, 6) is -0.275. The van der Waals surface area contributed by atoms with Gasteiger partial charge in [-0.3, -0.25) is 4.79 Å². The minimum Gasteiger partial charge on any atom is -0.488 e. The molecule has 0 bridgehead atoms. The maximum atomic E-state index is 13.5. The van der Waals surface area contributed by atoms with Crippen LogP contribution in [-0.4, -0.2) is 19.0 Å². The average Bonchev–Trinajstić information content (AvgIpc) is 2.91. The molecule has 0 spiro atoms. The van der Waals surface area contributed by atoms with Gasteiger partial charge in [0.2, 0.25) is 0 Å². The number of hydrogen-bond acceptors (Lipinski definition) is 5. The Kier molecular flexibility index (Phi) is 7.76. The molecule has 6 heteroatoms. The second kappa shape index (κ2) is 11.5. The van der Waals surface area contributed by atoms with E-state index in [9.17, 15) is 9.59 Å². The van der Waals surface area contributed by atoms with E-state index in [2.05, 4.69) is 5.32 Å². The highest BCUT2D eigenvalue weighted by Gasteiger charge is 2.22. The van der Waals surface area contributed by atoms with E-state index < -0.39 is 11.9 Å². The van der Waals surface area contributed by atoms with Crippen LogP contribution in [0.3, 0.4) is 0 Å². The van der Waals surface area contributed by atoms with Gasteiger partial charge in [-0.1, -0.05) is 78.9 Å². The van der Waals surface area contributed by atoms with Crippen molar-refractivity contribution in [1.29, 1.82) is 0 Å². The van der Waals surface area contributed by atoms with Gasteiger partial charge in [-0.25, -0.2) is 4.79 Å². The SMILES string of the molecule is COC(=O)c1ccccc1NC(=O)c1c(OCc2ccccc2)cccc1OCc1ccccc1. The number of benzene rings is 4. The van der Waals surface area contributed by atoms with Gasteiger partial charge in [0, 0.05) is 0 Å². The molecule has 4 aromatic rings. The van der Waals surface area contributed by atoms with Crippen LogP contribution in [0.4, 0.5) is 5.69 Å². The number of amides is 1. The molecule has 1 N–H and O–H groups in total. The summed E-state index contributed by atoms with van der Waals surface area (Å²) >= 11 is 0. The lowest BCUT2D eigenvalue weighted by molar-refractivity contribution is 0.0602. The average molecular weight is 468 g/mol. The van der Waals surface area contributed by atoms with Gasteiger partial charge in [-0.05, 0) is 35.4 Å². The van der Waals surface area contributed by atoms with Crippen LogP contribution in [0.5, 0.6) is 11.5 Å². The molecule has 0 aliphatic heterocycles. The van der Waals surface area contributed by atoms with Gasteiger partial charge in [-0.15, -0.1) is 0 Å². The summed E-state index contributed by atoms with van der Waals surface area (Å²) in [6.45, 7) is 0.560. The number of esters is 1. The number of hydrogen-bond donors (Lipinski definition) is 1. The third kappa shape index (κ3) is 6.06. The molecular formula is C29H25NO5. The standard InChI is InChI=1S/C29H25NO5/c1-33-29(32)23-15-8-9-16-24(23)30-28(31)27-25(34-19-21-11-4-2-5-12-21)17-10-18-26(27)35-20-22-13-6-3-7-14-22/h2-18H,19-20H2,1H3,(H,30,31). The summed E-state index contributed by atoms with van der Waals surface area (Å²) in [5.41, 5.74) is 2.74. The predicted molar refractivity (Wildman–Crippen MR) is 134 cm³/mol. The molecule has 1 amide bonds. The Morgan fingerprint density at radius 1 is 0.657 bits per heavy atom. The van der Waals surface area contributed by atoms with Gasteiger partial charge in [0.25, 0.3) is 5.91 Å². The molecule has 6 nitrogen and oxygen atoms in total. The van der Waals surface area contributed by atoms with Crippen molar-refractivity contribution in [2.45, 2.75) is 13.2 Å². The van der Waals surface area contributed by atoms with Crippen LogP contribution in [0.1, 0.15) is 31.8 Å². The Hall–Kier alpha value is -4.58. The first kappa shape index (κ1) is 23.6. The van der Waals surface area contributed by atoms with E-state index in [-0.39, 0.29) is 24.3 Å². The highest BCUT2D eigenvalue weighted by atomic mass is 16.5. The summed E-state index contributed by atoms with van der Waals surface area (Å²) in [5, 5.41) is 2.82. The summed E-state index contributed by atoms with van der Waals surface area (Å²) in [7, 11) is 1.29. The highest BCUT2D eigenvalue weighted by Crippen LogP contribution is 2.31. The number of rotatable bonds is 9. The van der Waals surface area contributed by atoms with Crippen LogP contribution in [0, 0.1) is 0 Å². The quantitative estimate of drug-likeness (QED) is 0.311. The van der Waals surface area contributed by atoms with Gasteiger partial charge in [0.15, 0.2) is 0 Å². The smallest absolute Gasteiger partial charge is 0.339 e. The van der Waals surface area contributed by atoms with E-state index >= 15 is 0 Å². The lowest BCUT2D eigenvalue weighted by Gasteiger charge is -2.17. The molecule has 0 atom stereocenters. The minimum absolute atomic E-state index is 0.235. The summed E-state index contributed by atoms with van der Waals surface area (Å²) in [6, 6.07) is 31.2. The molecule has 0 aliphatic rings. The molecule has 0 saturated heterocycles. The van der Waals surface area contributed by atoms with Gasteiger partial charge in [0.1, 0.15) is 30.3 Å². The van der Waals surface area contributed by atoms with Crippen molar-refractivity contribution in [2.24, 2.45) is 0 Å². The van der Waals surface area contributed by atoms with Crippen LogP contribution in [0.25, 0.3) is 0 Å². The van der Waals surface area contributed by atoms with Crippen LogP contribution < -0.4 is 14.8 Å². The zero-order valence-corrected chi connectivity index (χ0v) is 19.3. The van der Waals surface area contributed by atoms with Gasteiger partial charge < -0.3 is 19.5 Å². The number of nitrogens with one attached hydrogen (secondary N) is 1. The number of carbonyl (C=O) groups excluding carboxylic acids is 2. The van der Waals surface area contributed by atoms with E-state index in [4.69, 9.17) is 14.2 Å². The Morgan fingerprint density at radius 2 is 1.17 bits per heavy atom. The fourth-order valence-electron chi connectivity index (χ4n) is 3.51. The summed E-state index contributed by atoms with van der Waals surface area (Å²) in [6.07, 6.45) is 0. The predicted octanol–water partition coefficient (Wildman–Crippen LogP) is 5.88. The molecule has 0 unspecified atom stereocenters. The van der Waals surface area contributed by atoms with Gasteiger partial charge in [0.05, 0.1) is 18.4 Å². The second-order valence-electron chi connectivity index (χ2n) is 7.67. The third-order valence-corrected chi connectivity index (χ3v) is 5.27. The minimum atomic E-state index is -0.546. The van der Waals surface area contributed by atoms with E-state index in [1.165, 1.54) is 7.11 Å². The first-order valence-corrected chi connectivity index (χ1v) is 11.1. The van der Waals surface area contributed by atoms with Crippen molar-refractivity contribution < 1.29 is 23.8 Å². The number of anilines is 1. The molecule has 0 saturated carbocycles. The molecule has 176 valence electrons. The zero-order valence-electron chi connectivity index (χ0n) is 19.3. The van der Waals surface area contributed by atoms with E-state index in [0.717, 1.165) is 11.1 Å². The van der Waals surface area contributed by atoms with Crippen molar-refractivity contribution in [3.8, 4) is 11.5 Å². The number of carbonyl (C=O) groups is 2. The van der Waals surface area contributed by atoms with E-state index in [1.54, 1.807) is 42.5 Å². The maximum absolute atomic E-state index is 13.5. The first-order valence-electron chi connectivity index (χ1n) is 11.1. The molecular weight excluding hydrogens is 442 g/mol. The van der Waals surface area contributed by atoms with E-state index in [1.807, 2.05) is 60.7 Å². The molecule has 35 heavy (non-hydrogen) atoms. The molecule has 0 heterocycles. The third-order valence-electron chi connectivity index (χ3n) is 5.27. The van der Waals surface area contributed by atoms with Crippen molar-refractivity contribution in [2.75, 3.05) is 12.4 Å². The number of para-hydroxylation sites is 1. The number of ether oxygens (including phenoxy) is 3. The lowest BCUT2D eigenvalue weighted by Crippen LogP contribution is -2.18. The molecule has 0 fully saturated rings. The van der Waals surface area contributed by atoms with Gasteiger partial charge >= 0.3 is 5.97 Å². The molecule has 4 rings (SSSR count). The van der Waals surface area contributed by atoms with Crippen molar-refractivity contribution >= 4 is 17.6 Å². The first-order chi connectivity index (χ1) is 17.2. The Bertz CT molecular complexity index is 1230. The largest absolute Gasteiger partial charge is 0.488 e. The lowest BCUT2D eigenvalue weighted by atomic mass is 10.1. The number of methoxy groups -OCH3 is 1. The Labute approximate surface area is 204 Å². The van der Waals surface area contributed by atoms with Crippen LogP contribution in [0.15, 0.2) is 103 Å². The normalized spacial score (nSPS) is 10.3. The highest BCUT2D eigenvalue weighted by molar-refractivity contribution is 6.10. The topological polar surface area (TPSA) is 73.9 Å².